The van der Waals surface area contributed by atoms with Gasteiger partial charge in [-0.1, -0.05) is 17.3 Å². The van der Waals surface area contributed by atoms with Crippen molar-refractivity contribution in [2.45, 2.75) is 6.92 Å². The van der Waals surface area contributed by atoms with E-state index < -0.39 is 0 Å². The van der Waals surface area contributed by atoms with Gasteiger partial charge in [-0.3, -0.25) is 0 Å². The summed E-state index contributed by atoms with van der Waals surface area (Å²) in [6.07, 6.45) is 1.46. The summed E-state index contributed by atoms with van der Waals surface area (Å²) in [6, 6.07) is 5.85. The minimum atomic E-state index is 0.533. The quantitative estimate of drug-likeness (QED) is 0.569. The molecule has 0 spiro atoms. The van der Waals surface area contributed by atoms with E-state index in [1.807, 2.05) is 18.2 Å². The molecule has 0 bridgehead atoms. The largest absolute Gasteiger partial charge is 0.339 e. The monoisotopic (exact) mass is 278 g/mol. The molecule has 0 saturated heterocycles. The Hall–Kier alpha value is -3.09. The number of aromatic nitrogens is 5. The van der Waals surface area contributed by atoms with Gasteiger partial charge in [0.2, 0.25) is 11.7 Å². The Kier molecular flexibility index (Phi) is 2.34. The topological polar surface area (TPSA) is 92.8 Å². The zero-order chi connectivity index (χ0) is 14.4. The first-order valence-corrected chi connectivity index (χ1v) is 6.30. The van der Waals surface area contributed by atoms with E-state index in [-0.39, 0.29) is 0 Å². The van der Waals surface area contributed by atoms with E-state index in [2.05, 4.69) is 36.8 Å². The minimum absolute atomic E-state index is 0.533. The highest BCUT2D eigenvalue weighted by Crippen LogP contribution is 2.32. The van der Waals surface area contributed by atoms with Crippen LogP contribution in [0.25, 0.3) is 33.3 Å². The number of aromatic amines is 1. The minimum Gasteiger partial charge on any atom is -0.339 e. The Bertz CT molecular complexity index is 984. The van der Waals surface area contributed by atoms with E-state index in [1.165, 1.54) is 6.33 Å². The third-order valence-electron chi connectivity index (χ3n) is 3.30. The average Bonchev–Trinajstić information content (AvgIpc) is 3.09. The number of aliphatic imine (C=N–C) groups is 1. The number of fused-ring (bicyclic) bond motifs is 3. The maximum atomic E-state index is 5.01. The molecule has 4 aromatic rings. The summed E-state index contributed by atoms with van der Waals surface area (Å²) in [5.74, 6) is 1.65. The van der Waals surface area contributed by atoms with Crippen molar-refractivity contribution >= 4 is 34.5 Å². The second-order valence-electron chi connectivity index (χ2n) is 4.60. The molecular weight excluding hydrogens is 268 g/mol. The smallest absolute Gasteiger partial charge is 0.223 e. The van der Waals surface area contributed by atoms with Crippen LogP contribution in [0.1, 0.15) is 5.89 Å². The van der Waals surface area contributed by atoms with Crippen LogP contribution >= 0.6 is 0 Å². The first-order chi connectivity index (χ1) is 10.3. The van der Waals surface area contributed by atoms with Crippen molar-refractivity contribution in [3.8, 4) is 11.4 Å². The Labute approximate surface area is 118 Å². The number of benzene rings is 1. The number of nitrogens with one attached hydrogen (secondary N) is 1. The zero-order valence-electron chi connectivity index (χ0n) is 11.2. The summed E-state index contributed by atoms with van der Waals surface area (Å²) < 4.78 is 5.01. The number of hydrogen-bond donors (Lipinski definition) is 1. The van der Waals surface area contributed by atoms with E-state index in [9.17, 15) is 0 Å². The summed E-state index contributed by atoms with van der Waals surface area (Å²) in [5, 5.41) is 5.77. The lowest BCUT2D eigenvalue weighted by molar-refractivity contribution is 0.394. The molecule has 0 aliphatic carbocycles. The molecule has 0 amide bonds. The van der Waals surface area contributed by atoms with Gasteiger partial charge >= 0.3 is 0 Å². The third kappa shape index (κ3) is 1.71. The van der Waals surface area contributed by atoms with Gasteiger partial charge < -0.3 is 9.51 Å². The summed E-state index contributed by atoms with van der Waals surface area (Å²) in [6.45, 7) is 5.31. The lowest BCUT2D eigenvalue weighted by Gasteiger charge is -1.96. The molecule has 0 unspecified atom stereocenters. The second-order valence-corrected chi connectivity index (χ2v) is 4.60. The molecule has 102 valence electrons. The molecular formula is C14H10N6O. The number of aryl methyl sites for hydroxylation is 1. The molecule has 1 aromatic carbocycles. The third-order valence-corrected chi connectivity index (χ3v) is 3.30. The van der Waals surface area contributed by atoms with E-state index in [1.54, 1.807) is 6.92 Å². The maximum absolute atomic E-state index is 5.01. The van der Waals surface area contributed by atoms with E-state index in [0.29, 0.717) is 17.5 Å². The predicted molar refractivity (Wildman–Crippen MR) is 78.6 cm³/mol. The molecule has 0 saturated carbocycles. The van der Waals surface area contributed by atoms with Crippen molar-refractivity contribution < 1.29 is 4.52 Å². The molecule has 1 N–H and O–H groups in total. The van der Waals surface area contributed by atoms with Crippen molar-refractivity contribution in [1.29, 1.82) is 0 Å². The van der Waals surface area contributed by atoms with Gasteiger partial charge in [0.05, 0.1) is 5.39 Å². The molecule has 0 aliphatic heterocycles. The lowest BCUT2D eigenvalue weighted by Crippen LogP contribution is -1.81. The van der Waals surface area contributed by atoms with Crippen molar-refractivity contribution in [3.63, 3.8) is 0 Å². The fraction of sp³-hybridized carbons (Fsp3) is 0.0714. The average molecular weight is 278 g/mol. The van der Waals surface area contributed by atoms with Crippen molar-refractivity contribution in [3.05, 3.63) is 30.4 Å². The summed E-state index contributed by atoms with van der Waals surface area (Å²) in [5.41, 5.74) is 2.51. The Morgan fingerprint density at radius 3 is 2.95 bits per heavy atom. The number of rotatable bonds is 2. The summed E-state index contributed by atoms with van der Waals surface area (Å²) in [4.78, 5) is 19.8. The molecule has 0 aliphatic rings. The van der Waals surface area contributed by atoms with E-state index in [4.69, 9.17) is 4.52 Å². The van der Waals surface area contributed by atoms with Crippen LogP contribution < -0.4 is 0 Å². The standard InChI is InChI=1S/C14H10N6O/c1-7-18-12(20-21-7)8-3-4-9-10(5-8)19-14-11(9)13(15-2)16-6-17-14/h3-6H,2H2,1H3,(H,16,17,19). The highest BCUT2D eigenvalue weighted by molar-refractivity contribution is 6.11. The number of hydrogen-bond acceptors (Lipinski definition) is 6. The number of H-pyrrole nitrogens is 1. The Morgan fingerprint density at radius 1 is 1.29 bits per heavy atom. The van der Waals surface area contributed by atoms with Gasteiger partial charge in [-0.15, -0.1) is 0 Å². The Morgan fingerprint density at radius 2 is 2.19 bits per heavy atom. The fourth-order valence-corrected chi connectivity index (χ4v) is 2.39. The first-order valence-electron chi connectivity index (χ1n) is 6.30. The predicted octanol–water partition coefficient (Wildman–Crippen LogP) is 2.80. The Balaban J connectivity index is 2.01. The molecule has 3 aromatic heterocycles. The van der Waals surface area contributed by atoms with Gasteiger partial charge in [0, 0.05) is 23.4 Å². The molecule has 3 heterocycles. The number of nitrogens with zero attached hydrogens (tertiary/aromatic N) is 5. The SMILES string of the molecule is C=Nc1ncnc2[nH]c3cc(-c4noc(C)n4)ccc3c12. The highest BCUT2D eigenvalue weighted by Gasteiger charge is 2.12. The first kappa shape index (κ1) is 11.7. The molecule has 7 nitrogen and oxygen atoms in total. The normalized spacial score (nSPS) is 11.3. The van der Waals surface area contributed by atoms with Gasteiger partial charge in [0.1, 0.15) is 12.0 Å². The molecule has 0 atom stereocenters. The van der Waals surface area contributed by atoms with Crippen LogP contribution in [0.5, 0.6) is 0 Å². The molecule has 21 heavy (non-hydrogen) atoms. The van der Waals surface area contributed by atoms with Crippen molar-refractivity contribution in [1.82, 2.24) is 25.1 Å². The molecule has 4 rings (SSSR count). The molecule has 0 fully saturated rings. The van der Waals surface area contributed by atoms with Crippen LogP contribution in [-0.2, 0) is 0 Å². The molecule has 7 heteroatoms. The van der Waals surface area contributed by atoms with Crippen LogP contribution in [0.4, 0.5) is 5.82 Å². The van der Waals surface area contributed by atoms with Crippen LogP contribution in [0.3, 0.4) is 0 Å². The van der Waals surface area contributed by atoms with Crippen LogP contribution in [0, 0.1) is 6.92 Å². The van der Waals surface area contributed by atoms with Crippen LogP contribution in [0.2, 0.25) is 0 Å². The van der Waals surface area contributed by atoms with Gasteiger partial charge in [0.15, 0.2) is 5.82 Å². The summed E-state index contributed by atoms with van der Waals surface area (Å²) in [7, 11) is 0. The van der Waals surface area contributed by atoms with E-state index in [0.717, 1.165) is 27.5 Å². The van der Waals surface area contributed by atoms with Gasteiger partial charge in [0.25, 0.3) is 0 Å². The van der Waals surface area contributed by atoms with Crippen LogP contribution in [-0.4, -0.2) is 31.8 Å². The highest BCUT2D eigenvalue weighted by atomic mass is 16.5. The van der Waals surface area contributed by atoms with E-state index >= 15 is 0 Å². The zero-order valence-corrected chi connectivity index (χ0v) is 11.2. The van der Waals surface area contributed by atoms with Crippen LogP contribution in [0.15, 0.2) is 34.0 Å². The fourth-order valence-electron chi connectivity index (χ4n) is 2.39. The second kappa shape index (κ2) is 4.20. The van der Waals surface area contributed by atoms with Gasteiger partial charge in [-0.25, -0.2) is 15.0 Å². The van der Waals surface area contributed by atoms with Gasteiger partial charge in [-0.2, -0.15) is 4.98 Å². The summed E-state index contributed by atoms with van der Waals surface area (Å²) >= 11 is 0. The maximum Gasteiger partial charge on any atom is 0.223 e. The van der Waals surface area contributed by atoms with Crippen molar-refractivity contribution in [2.75, 3.05) is 0 Å². The van der Waals surface area contributed by atoms with Crippen molar-refractivity contribution in [2.24, 2.45) is 4.99 Å². The lowest BCUT2D eigenvalue weighted by atomic mass is 10.1. The molecule has 0 radical (unpaired) electrons. The van der Waals surface area contributed by atoms with Gasteiger partial charge in [-0.05, 0) is 12.8 Å².